The van der Waals surface area contributed by atoms with Crippen molar-refractivity contribution in [2.45, 2.75) is 63.2 Å². The lowest BCUT2D eigenvalue weighted by Crippen LogP contribution is -2.54. The summed E-state index contributed by atoms with van der Waals surface area (Å²) in [6.45, 7) is -0.449. The maximum Gasteiger partial charge on any atom is 0.416 e. The second-order valence-electron chi connectivity index (χ2n) is 13.8. The zero-order chi connectivity index (χ0) is 40.4. The van der Waals surface area contributed by atoms with Gasteiger partial charge in [-0.15, -0.1) is 0 Å². The number of aliphatic carboxylic acids is 1. The number of nitrogens with one attached hydrogen (secondary N) is 2. The number of fused-ring (bicyclic) bond motifs is 16. The van der Waals surface area contributed by atoms with Crippen molar-refractivity contribution in [3.05, 3.63) is 135 Å². The van der Waals surface area contributed by atoms with Crippen molar-refractivity contribution in [2.24, 2.45) is 11.8 Å². The number of ether oxygens (including phenoxy) is 1. The quantitative estimate of drug-likeness (QED) is 0.170. The van der Waals surface area contributed by atoms with Gasteiger partial charge >= 0.3 is 12.1 Å². The monoisotopic (exact) mass is 810 g/mol. The predicted octanol–water partition coefficient (Wildman–Crippen LogP) is 7.27. The van der Waals surface area contributed by atoms with Crippen molar-refractivity contribution in [1.82, 2.24) is 10.6 Å². The van der Waals surface area contributed by atoms with Crippen LogP contribution in [0.3, 0.4) is 0 Å². The lowest BCUT2D eigenvalue weighted by atomic mass is 9.90. The van der Waals surface area contributed by atoms with Crippen LogP contribution in [0.2, 0.25) is 10.0 Å². The van der Waals surface area contributed by atoms with Crippen LogP contribution in [-0.4, -0.2) is 53.1 Å². The number of alkyl halides is 3. The van der Waals surface area contributed by atoms with E-state index in [9.17, 15) is 42.3 Å². The Kier molecular flexibility index (Phi) is 14.3. The fourth-order valence-corrected chi connectivity index (χ4v) is 6.94. The number of hydrogen-bond donors (Lipinski definition) is 3. The van der Waals surface area contributed by atoms with Crippen molar-refractivity contribution in [2.75, 3.05) is 6.61 Å². The van der Waals surface area contributed by atoms with Crippen molar-refractivity contribution < 1.29 is 47.0 Å². The smallest absolute Gasteiger partial charge is 0.416 e. The number of carbonyl (C=O) groups is 5. The summed E-state index contributed by atoms with van der Waals surface area (Å²) in [6, 6.07) is 21.8. The van der Waals surface area contributed by atoms with Crippen molar-refractivity contribution in [1.29, 1.82) is 0 Å². The van der Waals surface area contributed by atoms with Gasteiger partial charge in [-0.05, 0) is 84.3 Å². The Hall–Kier alpha value is -5.20. The highest BCUT2D eigenvalue weighted by Crippen LogP contribution is 2.30. The van der Waals surface area contributed by atoms with Gasteiger partial charge in [0.15, 0.2) is 11.6 Å². The molecule has 4 atom stereocenters. The molecule has 2 amide bonds. The summed E-state index contributed by atoms with van der Waals surface area (Å²) < 4.78 is 45.6. The molecular weight excluding hydrogens is 772 g/mol. The summed E-state index contributed by atoms with van der Waals surface area (Å²) in [6.07, 6.45) is -5.25. The van der Waals surface area contributed by atoms with Crippen LogP contribution in [0.1, 0.15) is 47.1 Å². The lowest BCUT2D eigenvalue weighted by molar-refractivity contribution is -0.144. The van der Waals surface area contributed by atoms with Gasteiger partial charge in [0.2, 0.25) is 11.8 Å². The Balaban J connectivity index is 1.51. The van der Waals surface area contributed by atoms with E-state index in [1.165, 1.54) is 18.2 Å². The number of carbonyl (C=O) groups excluding carboxylic acids is 4. The van der Waals surface area contributed by atoms with Gasteiger partial charge in [-0.3, -0.25) is 24.0 Å². The standard InChI is InChI=1S/C42H39Cl2F3N2O7/c43-32-14-11-28(35(44)23-32)21-37-40(53)48-36(17-10-25-4-2-1-3-5-25)38(51)22-30(41(54)55)19-27-8-15-34(16-9-27)56-24-33(50)20-29(39(52)49-37)18-26-6-12-31(13-7-26)42(45,46)47/h1-9,11-16,23,29-30,36-37H,10,17-22,24H2,(H,48,53)(H,49,52)(H,54,55)/t29-,30+,36+,37-/m0/s1. The third-order valence-corrected chi connectivity index (χ3v) is 10.1. The molecule has 56 heavy (non-hydrogen) atoms. The SMILES string of the molecule is O=C1COc2ccc(cc2)C[C@@H](C(=O)O)CC(=O)[C@@H](CCc2ccccc2)NC(=O)[C@H](Cc2ccc(Cl)cc2Cl)NC(=O)[C@@H](Cc2ccc(C(F)(F)F)cc2)C1. The molecule has 4 aromatic rings. The zero-order valence-electron chi connectivity index (χ0n) is 30.0. The molecule has 2 aliphatic rings. The Bertz CT molecular complexity index is 2030. The molecule has 0 spiro atoms. The topological polar surface area (TPSA) is 139 Å². The predicted molar refractivity (Wildman–Crippen MR) is 203 cm³/mol. The summed E-state index contributed by atoms with van der Waals surface area (Å²) in [5.41, 5.74) is 1.33. The highest BCUT2D eigenvalue weighted by molar-refractivity contribution is 6.35. The number of aryl methyl sites for hydroxylation is 1. The van der Waals surface area contributed by atoms with Crippen LogP contribution in [0.4, 0.5) is 13.2 Å². The maximum atomic E-state index is 14.2. The average Bonchev–Trinajstić information content (AvgIpc) is 3.16. The Morgan fingerprint density at radius 1 is 0.768 bits per heavy atom. The van der Waals surface area contributed by atoms with E-state index in [0.717, 1.165) is 17.7 Å². The summed E-state index contributed by atoms with van der Waals surface area (Å²) in [5, 5.41) is 16.1. The number of carboxylic acids is 1. The minimum Gasteiger partial charge on any atom is -0.486 e. The second-order valence-corrected chi connectivity index (χ2v) is 14.6. The van der Waals surface area contributed by atoms with Crippen LogP contribution in [0, 0.1) is 11.8 Å². The molecule has 2 aliphatic heterocycles. The number of Topliss-reactive ketones (excluding diaryl/α,β-unsaturated/α-hetero) is 2. The molecule has 3 N–H and O–H groups in total. The minimum absolute atomic E-state index is 0.000979. The molecule has 0 unspecified atom stereocenters. The summed E-state index contributed by atoms with van der Waals surface area (Å²) in [5.74, 6) is -5.77. The first kappa shape index (κ1) is 42.0. The zero-order valence-corrected chi connectivity index (χ0v) is 31.5. The van der Waals surface area contributed by atoms with Crippen LogP contribution in [0.5, 0.6) is 5.75 Å². The fourth-order valence-electron chi connectivity index (χ4n) is 6.46. The summed E-state index contributed by atoms with van der Waals surface area (Å²) >= 11 is 12.6. The number of carboxylic acid groups (broad SMARTS) is 1. The van der Waals surface area contributed by atoms with Gasteiger partial charge < -0.3 is 20.5 Å². The molecule has 2 heterocycles. The molecule has 9 nitrogen and oxygen atoms in total. The average molecular weight is 812 g/mol. The van der Waals surface area contributed by atoms with Gasteiger partial charge in [0, 0.05) is 35.2 Å². The van der Waals surface area contributed by atoms with Gasteiger partial charge in [0.1, 0.15) is 18.4 Å². The summed E-state index contributed by atoms with van der Waals surface area (Å²) in [7, 11) is 0. The van der Waals surface area contributed by atoms with Crippen LogP contribution in [0.25, 0.3) is 0 Å². The molecule has 0 fully saturated rings. The van der Waals surface area contributed by atoms with E-state index in [4.69, 9.17) is 27.9 Å². The Morgan fingerprint density at radius 3 is 2.09 bits per heavy atom. The molecule has 4 aromatic carbocycles. The third kappa shape index (κ3) is 12.1. The van der Waals surface area contributed by atoms with Crippen molar-refractivity contribution >= 4 is 52.6 Å². The first-order valence-electron chi connectivity index (χ1n) is 17.9. The Morgan fingerprint density at radius 2 is 1.45 bits per heavy atom. The molecule has 6 rings (SSSR count). The maximum absolute atomic E-state index is 14.2. The van der Waals surface area contributed by atoms with E-state index >= 15 is 0 Å². The van der Waals surface area contributed by atoms with Gasteiger partial charge in [-0.2, -0.15) is 13.2 Å². The first-order valence-corrected chi connectivity index (χ1v) is 18.6. The molecule has 0 aliphatic carbocycles. The minimum atomic E-state index is -4.58. The highest BCUT2D eigenvalue weighted by Gasteiger charge is 2.34. The van der Waals surface area contributed by atoms with E-state index < -0.39 is 78.0 Å². The molecule has 0 saturated carbocycles. The molecule has 294 valence electrons. The number of hydrogen-bond acceptors (Lipinski definition) is 6. The van der Waals surface area contributed by atoms with E-state index in [1.54, 1.807) is 36.4 Å². The van der Waals surface area contributed by atoms with Crippen LogP contribution >= 0.6 is 23.2 Å². The third-order valence-electron chi connectivity index (χ3n) is 9.55. The van der Waals surface area contributed by atoms with Crippen LogP contribution in [-0.2, 0) is 55.8 Å². The molecule has 0 radical (unpaired) electrons. The molecule has 2 bridgehead atoms. The number of ketones is 2. The normalized spacial score (nSPS) is 20.2. The first-order chi connectivity index (χ1) is 26.6. The van der Waals surface area contributed by atoms with Crippen LogP contribution < -0.4 is 15.4 Å². The molecule has 14 heteroatoms. The van der Waals surface area contributed by atoms with E-state index in [0.29, 0.717) is 33.9 Å². The fraction of sp³-hybridized carbons (Fsp3) is 0.310. The molecule has 0 saturated heterocycles. The number of rotatable bonds is 8. The number of benzene rings is 4. The van der Waals surface area contributed by atoms with Gasteiger partial charge in [-0.25, -0.2) is 0 Å². The number of halogens is 5. The van der Waals surface area contributed by atoms with Crippen LogP contribution in [0.15, 0.2) is 97.1 Å². The van der Waals surface area contributed by atoms with Gasteiger partial charge in [0.25, 0.3) is 0 Å². The summed E-state index contributed by atoms with van der Waals surface area (Å²) in [4.78, 5) is 68.0. The second kappa shape index (κ2) is 19.1. The molecular formula is C42H39Cl2F3N2O7. The van der Waals surface area contributed by atoms with Gasteiger partial charge in [0.05, 0.1) is 17.5 Å². The lowest BCUT2D eigenvalue weighted by Gasteiger charge is -2.26. The highest BCUT2D eigenvalue weighted by atomic mass is 35.5. The number of amides is 2. The van der Waals surface area contributed by atoms with E-state index in [1.807, 2.05) is 30.3 Å². The van der Waals surface area contributed by atoms with Gasteiger partial charge in [-0.1, -0.05) is 83.9 Å². The van der Waals surface area contributed by atoms with Crippen molar-refractivity contribution in [3.63, 3.8) is 0 Å². The van der Waals surface area contributed by atoms with E-state index in [-0.39, 0.29) is 37.1 Å². The Labute approximate surface area is 331 Å². The largest absolute Gasteiger partial charge is 0.486 e. The van der Waals surface area contributed by atoms with Crippen molar-refractivity contribution in [3.8, 4) is 5.75 Å². The van der Waals surface area contributed by atoms with E-state index in [2.05, 4.69) is 10.6 Å². The molecule has 0 aromatic heterocycles.